The van der Waals surface area contributed by atoms with Crippen LogP contribution >= 0.6 is 11.8 Å². The normalized spacial score (nSPS) is 10.3. The maximum absolute atomic E-state index is 12.5. The highest BCUT2D eigenvalue weighted by Crippen LogP contribution is 2.27. The highest BCUT2D eigenvalue weighted by Gasteiger charge is 2.13. The van der Waals surface area contributed by atoms with Crippen LogP contribution < -0.4 is 10.1 Å². The van der Waals surface area contributed by atoms with Crippen LogP contribution in [0.5, 0.6) is 5.75 Å². The number of carbonyl (C=O) groups is 1. The van der Waals surface area contributed by atoms with Crippen LogP contribution in [0.3, 0.4) is 0 Å². The van der Waals surface area contributed by atoms with Gasteiger partial charge in [-0.2, -0.15) is 0 Å². The van der Waals surface area contributed by atoms with Crippen LogP contribution in [0.4, 0.5) is 5.69 Å². The van der Waals surface area contributed by atoms with Gasteiger partial charge in [-0.3, -0.25) is 4.79 Å². The number of aryl methyl sites for hydroxylation is 2. The lowest BCUT2D eigenvalue weighted by atomic mass is 10.1. The SMILES string of the molecule is COc1ccc(C)cc1NC(=O)c1cc(SC)ccc1C. The van der Waals surface area contributed by atoms with E-state index >= 15 is 0 Å². The second-order valence-corrected chi connectivity index (χ2v) is 5.72. The van der Waals surface area contributed by atoms with Crippen molar-refractivity contribution in [3.8, 4) is 5.75 Å². The van der Waals surface area contributed by atoms with Crippen molar-refractivity contribution >= 4 is 23.4 Å². The minimum Gasteiger partial charge on any atom is -0.495 e. The molecule has 2 aromatic carbocycles. The Bertz CT molecular complexity index is 668. The molecule has 1 N–H and O–H groups in total. The summed E-state index contributed by atoms with van der Waals surface area (Å²) < 4.78 is 5.29. The van der Waals surface area contributed by atoms with Crippen molar-refractivity contribution in [1.82, 2.24) is 0 Å². The fourth-order valence-corrected chi connectivity index (χ4v) is 2.52. The molecular formula is C17H19NO2S. The molecule has 2 rings (SSSR count). The molecule has 0 aliphatic carbocycles. The van der Waals surface area contributed by atoms with Crippen molar-refractivity contribution in [1.29, 1.82) is 0 Å². The van der Waals surface area contributed by atoms with Gasteiger partial charge in [-0.15, -0.1) is 11.8 Å². The van der Waals surface area contributed by atoms with E-state index in [1.165, 1.54) is 0 Å². The lowest BCUT2D eigenvalue weighted by molar-refractivity contribution is 0.102. The second kappa shape index (κ2) is 6.68. The molecule has 0 aliphatic rings. The fourth-order valence-electron chi connectivity index (χ4n) is 2.08. The fraction of sp³-hybridized carbons (Fsp3) is 0.235. The van der Waals surface area contributed by atoms with E-state index in [2.05, 4.69) is 5.32 Å². The van der Waals surface area contributed by atoms with Crippen molar-refractivity contribution in [2.24, 2.45) is 0 Å². The minimum absolute atomic E-state index is 0.118. The van der Waals surface area contributed by atoms with E-state index in [1.54, 1.807) is 18.9 Å². The van der Waals surface area contributed by atoms with Crippen molar-refractivity contribution < 1.29 is 9.53 Å². The predicted molar refractivity (Wildman–Crippen MR) is 88.6 cm³/mol. The van der Waals surface area contributed by atoms with E-state index in [4.69, 9.17) is 4.74 Å². The largest absolute Gasteiger partial charge is 0.495 e. The van der Waals surface area contributed by atoms with Gasteiger partial charge in [0, 0.05) is 10.5 Å². The Kier molecular flexibility index (Phi) is 4.91. The number of nitrogens with one attached hydrogen (secondary N) is 1. The number of amides is 1. The quantitative estimate of drug-likeness (QED) is 0.856. The van der Waals surface area contributed by atoms with Crippen molar-refractivity contribution in [2.45, 2.75) is 18.7 Å². The van der Waals surface area contributed by atoms with Crippen molar-refractivity contribution in [3.63, 3.8) is 0 Å². The standard InChI is InChI=1S/C17H19NO2S/c1-11-5-8-16(20-3)15(9-11)18-17(19)14-10-13(21-4)7-6-12(14)2/h5-10H,1-4H3,(H,18,19). The van der Waals surface area contributed by atoms with Gasteiger partial charge in [-0.05, 0) is 55.5 Å². The monoisotopic (exact) mass is 301 g/mol. The first-order valence-corrected chi connectivity index (χ1v) is 7.88. The zero-order chi connectivity index (χ0) is 15.4. The maximum Gasteiger partial charge on any atom is 0.256 e. The van der Waals surface area contributed by atoms with Gasteiger partial charge in [0.25, 0.3) is 5.91 Å². The summed E-state index contributed by atoms with van der Waals surface area (Å²) in [4.78, 5) is 13.6. The van der Waals surface area contributed by atoms with Crippen LogP contribution in [0.15, 0.2) is 41.3 Å². The summed E-state index contributed by atoms with van der Waals surface area (Å²) in [5, 5.41) is 2.94. The van der Waals surface area contributed by atoms with Gasteiger partial charge in [-0.1, -0.05) is 12.1 Å². The molecule has 4 heteroatoms. The Balaban J connectivity index is 2.32. The van der Waals surface area contributed by atoms with Crippen LogP contribution in [0, 0.1) is 13.8 Å². The van der Waals surface area contributed by atoms with Gasteiger partial charge in [-0.25, -0.2) is 0 Å². The molecular weight excluding hydrogens is 282 g/mol. The lowest BCUT2D eigenvalue weighted by Crippen LogP contribution is -2.14. The molecule has 0 saturated carbocycles. The van der Waals surface area contributed by atoms with Gasteiger partial charge < -0.3 is 10.1 Å². The molecule has 0 bridgehead atoms. The molecule has 2 aromatic rings. The number of carbonyl (C=O) groups excluding carboxylic acids is 1. The molecule has 0 atom stereocenters. The van der Waals surface area contributed by atoms with Gasteiger partial charge in [0.1, 0.15) is 5.75 Å². The molecule has 0 spiro atoms. The topological polar surface area (TPSA) is 38.3 Å². The van der Waals surface area contributed by atoms with E-state index in [1.807, 2.05) is 56.5 Å². The molecule has 0 saturated heterocycles. The molecule has 3 nitrogen and oxygen atoms in total. The number of rotatable bonds is 4. The average Bonchev–Trinajstić information content (AvgIpc) is 2.48. The summed E-state index contributed by atoms with van der Waals surface area (Å²) >= 11 is 1.62. The number of anilines is 1. The zero-order valence-electron chi connectivity index (χ0n) is 12.7. The average molecular weight is 301 g/mol. The number of methoxy groups -OCH3 is 1. The first-order chi connectivity index (χ1) is 10.0. The third-order valence-electron chi connectivity index (χ3n) is 3.29. The first kappa shape index (κ1) is 15.4. The summed E-state index contributed by atoms with van der Waals surface area (Å²) in [6, 6.07) is 11.6. The summed E-state index contributed by atoms with van der Waals surface area (Å²) in [6.07, 6.45) is 2.00. The summed E-state index contributed by atoms with van der Waals surface area (Å²) in [5.41, 5.74) is 3.40. The van der Waals surface area contributed by atoms with Gasteiger partial charge >= 0.3 is 0 Å². The van der Waals surface area contributed by atoms with Crippen molar-refractivity contribution in [3.05, 3.63) is 53.1 Å². The molecule has 21 heavy (non-hydrogen) atoms. The van der Waals surface area contributed by atoms with Gasteiger partial charge in [0.15, 0.2) is 0 Å². The highest BCUT2D eigenvalue weighted by atomic mass is 32.2. The van der Waals surface area contributed by atoms with E-state index in [-0.39, 0.29) is 5.91 Å². The Morgan fingerprint density at radius 1 is 1.14 bits per heavy atom. The minimum atomic E-state index is -0.118. The van der Waals surface area contributed by atoms with E-state index in [9.17, 15) is 4.79 Å². The van der Waals surface area contributed by atoms with Crippen LogP contribution in [-0.4, -0.2) is 19.3 Å². The third-order valence-corrected chi connectivity index (χ3v) is 4.02. The van der Waals surface area contributed by atoms with E-state index in [0.717, 1.165) is 16.0 Å². The summed E-state index contributed by atoms with van der Waals surface area (Å²) in [6.45, 7) is 3.92. The predicted octanol–water partition coefficient (Wildman–Crippen LogP) is 4.29. The number of ether oxygens (including phenoxy) is 1. The molecule has 0 fully saturated rings. The molecule has 0 aromatic heterocycles. The van der Waals surface area contributed by atoms with Gasteiger partial charge in [0.2, 0.25) is 0 Å². The van der Waals surface area contributed by atoms with E-state index < -0.39 is 0 Å². The maximum atomic E-state index is 12.5. The molecule has 0 radical (unpaired) electrons. The molecule has 0 unspecified atom stereocenters. The van der Waals surface area contributed by atoms with E-state index in [0.29, 0.717) is 17.0 Å². The first-order valence-electron chi connectivity index (χ1n) is 6.65. The third kappa shape index (κ3) is 3.58. The number of hydrogen-bond donors (Lipinski definition) is 1. The number of thioether (sulfide) groups is 1. The Morgan fingerprint density at radius 3 is 2.57 bits per heavy atom. The van der Waals surface area contributed by atoms with Crippen molar-refractivity contribution in [2.75, 3.05) is 18.7 Å². The van der Waals surface area contributed by atoms with Crippen LogP contribution in [0.2, 0.25) is 0 Å². The Hall–Kier alpha value is -1.94. The summed E-state index contributed by atoms with van der Waals surface area (Å²) in [7, 11) is 1.60. The number of hydrogen-bond acceptors (Lipinski definition) is 3. The second-order valence-electron chi connectivity index (χ2n) is 4.84. The van der Waals surface area contributed by atoms with Crippen LogP contribution in [0.1, 0.15) is 21.5 Å². The van der Waals surface area contributed by atoms with Crippen LogP contribution in [-0.2, 0) is 0 Å². The molecule has 0 aliphatic heterocycles. The highest BCUT2D eigenvalue weighted by molar-refractivity contribution is 7.98. The Morgan fingerprint density at radius 2 is 1.90 bits per heavy atom. The smallest absolute Gasteiger partial charge is 0.256 e. The number of benzene rings is 2. The summed E-state index contributed by atoms with van der Waals surface area (Å²) in [5.74, 6) is 0.542. The zero-order valence-corrected chi connectivity index (χ0v) is 13.5. The lowest BCUT2D eigenvalue weighted by Gasteiger charge is -2.12. The molecule has 1 amide bonds. The molecule has 0 heterocycles. The van der Waals surface area contributed by atoms with Crippen LogP contribution in [0.25, 0.3) is 0 Å². The van der Waals surface area contributed by atoms with Gasteiger partial charge in [0.05, 0.1) is 12.8 Å². The molecule has 110 valence electrons. The Labute approximate surface area is 129 Å².